The van der Waals surface area contributed by atoms with Gasteiger partial charge in [0.05, 0.1) is 23.9 Å². The number of ether oxygens (including phenoxy) is 1. The summed E-state index contributed by atoms with van der Waals surface area (Å²) < 4.78 is 23.7. The number of rotatable bonds is 11. The molecule has 0 saturated carbocycles. The molecule has 1 aromatic carbocycles. The number of carbonyl (C=O) groups is 1. The van der Waals surface area contributed by atoms with E-state index < -0.39 is 8.41 Å². The normalized spacial score (nSPS) is 26.4. The highest BCUT2D eigenvalue weighted by molar-refractivity contribution is 6.72. The second kappa shape index (κ2) is 11.9. The van der Waals surface area contributed by atoms with Crippen LogP contribution in [-0.4, -0.2) is 65.8 Å². The Bertz CT molecular complexity index is 1010. The van der Waals surface area contributed by atoms with E-state index in [4.69, 9.17) is 9.84 Å². The van der Waals surface area contributed by atoms with Gasteiger partial charge in [-0.25, -0.2) is 0 Å². The molecule has 0 unspecified atom stereocenters. The van der Waals surface area contributed by atoms with E-state index >= 15 is 4.11 Å². The van der Waals surface area contributed by atoms with Gasteiger partial charge >= 0.3 is 0 Å². The van der Waals surface area contributed by atoms with Crippen LogP contribution in [0.4, 0.5) is 9.80 Å². The van der Waals surface area contributed by atoms with Crippen LogP contribution in [0.5, 0.6) is 0 Å². The molecule has 0 bridgehead atoms. The van der Waals surface area contributed by atoms with Crippen molar-refractivity contribution in [3.8, 4) is 0 Å². The zero-order chi connectivity index (χ0) is 25.7. The van der Waals surface area contributed by atoms with E-state index in [1.54, 1.807) is 17.8 Å². The Morgan fingerprint density at radius 1 is 1.31 bits per heavy atom. The van der Waals surface area contributed by atoms with Gasteiger partial charge < -0.3 is 24.6 Å². The Morgan fingerprint density at radius 3 is 2.86 bits per heavy atom. The van der Waals surface area contributed by atoms with Crippen molar-refractivity contribution in [1.29, 1.82) is 0 Å². The number of hydrogen-bond donors (Lipinski definition) is 3. The highest BCUT2D eigenvalue weighted by atomic mass is 28.4. The number of benzene rings is 1. The number of hydrogen-bond acceptors (Lipinski definition) is 6. The van der Waals surface area contributed by atoms with Crippen molar-refractivity contribution >= 4 is 20.0 Å². The third-order valence-corrected chi connectivity index (χ3v) is 10.1. The van der Waals surface area contributed by atoms with E-state index in [9.17, 15) is 4.79 Å². The van der Waals surface area contributed by atoms with Crippen LogP contribution in [0.15, 0.2) is 30.5 Å². The third kappa shape index (κ3) is 6.79. The maximum Gasteiger partial charge on any atom is 0.246 e. The Morgan fingerprint density at radius 2 is 2.14 bits per heavy atom. The minimum atomic E-state index is -2.94. The van der Waals surface area contributed by atoms with Crippen molar-refractivity contribution in [2.24, 2.45) is 5.92 Å². The van der Waals surface area contributed by atoms with Crippen molar-refractivity contribution in [2.75, 3.05) is 18.5 Å². The Kier molecular flexibility index (Phi) is 8.92. The van der Waals surface area contributed by atoms with Crippen LogP contribution in [-0.2, 0) is 28.9 Å². The quantitative estimate of drug-likeness (QED) is 0.312. The van der Waals surface area contributed by atoms with Gasteiger partial charge in [0.2, 0.25) is 14.3 Å². The molecule has 1 aromatic heterocycles. The topological polar surface area (TPSA) is 101 Å². The fourth-order valence-electron chi connectivity index (χ4n) is 5.84. The molecule has 3 N–H and O–H groups in total. The number of anilines is 1. The second-order valence-electron chi connectivity index (χ2n) is 10.8. The average molecular weight is 518 g/mol. The van der Waals surface area contributed by atoms with E-state index in [0.717, 1.165) is 49.2 Å². The summed E-state index contributed by atoms with van der Waals surface area (Å²) in [5.74, 6) is 0.160. The summed E-state index contributed by atoms with van der Waals surface area (Å²) in [6, 6.07) is 7.88. The number of aryl methyl sites for hydroxylation is 2. The maximum absolute atomic E-state index is 15.4. The molecule has 2 aliphatic heterocycles. The predicted molar refractivity (Wildman–Crippen MR) is 140 cm³/mol. The molecular weight excluding hydrogens is 477 g/mol. The predicted octanol–water partition coefficient (Wildman–Crippen LogP) is 3.47. The molecule has 0 radical (unpaired) electrons. The molecule has 3 heterocycles. The Hall–Kier alpha value is -2.14. The lowest BCUT2D eigenvalue weighted by atomic mass is 9.95. The minimum absolute atomic E-state index is 0.0100. The van der Waals surface area contributed by atoms with E-state index in [0.29, 0.717) is 19.4 Å². The molecule has 0 aliphatic carbocycles. The zero-order valence-electron chi connectivity index (χ0n) is 21.6. The van der Waals surface area contributed by atoms with Gasteiger partial charge in [0, 0.05) is 37.0 Å². The maximum atomic E-state index is 15.4. The number of halogens is 1. The summed E-state index contributed by atoms with van der Waals surface area (Å²) in [5, 5.41) is 23.6. The molecule has 198 valence electrons. The van der Waals surface area contributed by atoms with Crippen LogP contribution >= 0.6 is 0 Å². The van der Waals surface area contributed by atoms with Crippen molar-refractivity contribution in [2.45, 2.75) is 88.9 Å². The molecule has 2 aromatic rings. The second-order valence-corrected chi connectivity index (χ2v) is 14.6. The van der Waals surface area contributed by atoms with Crippen LogP contribution in [0.1, 0.15) is 43.9 Å². The first-order valence-corrected chi connectivity index (χ1v) is 16.2. The highest BCUT2D eigenvalue weighted by Crippen LogP contribution is 2.47. The van der Waals surface area contributed by atoms with Crippen LogP contribution in [0.25, 0.3) is 0 Å². The molecule has 10 heteroatoms. The molecule has 0 spiro atoms. The lowest BCUT2D eigenvalue weighted by molar-refractivity contribution is -0.117. The molecular formula is C26H40FN5O3Si. The van der Waals surface area contributed by atoms with Crippen molar-refractivity contribution < 1.29 is 18.7 Å². The van der Waals surface area contributed by atoms with Crippen molar-refractivity contribution in [1.82, 2.24) is 20.3 Å². The summed E-state index contributed by atoms with van der Waals surface area (Å²) in [5.41, 5.74) is 2.63. The largest absolute Gasteiger partial charge is 0.396 e. The molecule has 1 amide bonds. The molecule has 2 saturated heterocycles. The molecule has 2 fully saturated rings. The number of nitrogens with one attached hydrogen (secondary N) is 2. The van der Waals surface area contributed by atoms with E-state index in [1.165, 1.54) is 0 Å². The van der Waals surface area contributed by atoms with Gasteiger partial charge in [-0.3, -0.25) is 9.48 Å². The summed E-state index contributed by atoms with van der Waals surface area (Å²) in [6.07, 6.45) is 6.37. The van der Waals surface area contributed by atoms with Gasteiger partial charge in [-0.15, -0.1) is 5.10 Å². The van der Waals surface area contributed by atoms with Gasteiger partial charge in [-0.1, -0.05) is 24.3 Å². The molecule has 4 rings (SSSR count). The van der Waals surface area contributed by atoms with Crippen LogP contribution in [0.3, 0.4) is 0 Å². The van der Waals surface area contributed by atoms with Crippen LogP contribution < -0.4 is 10.6 Å². The van der Waals surface area contributed by atoms with Crippen LogP contribution in [0, 0.1) is 5.92 Å². The molecule has 36 heavy (non-hydrogen) atoms. The summed E-state index contributed by atoms with van der Waals surface area (Å²) >= 11 is 0. The highest BCUT2D eigenvalue weighted by Gasteiger charge is 2.50. The lowest BCUT2D eigenvalue weighted by Crippen LogP contribution is -2.36. The zero-order valence-corrected chi connectivity index (χ0v) is 22.6. The van der Waals surface area contributed by atoms with E-state index in [2.05, 4.69) is 33.9 Å². The van der Waals surface area contributed by atoms with Gasteiger partial charge in [-0.05, 0) is 75.4 Å². The fraction of sp³-hybridized carbons (Fsp3) is 0.654. The number of carbonyl (C=O) groups excluding carboxylic acids is 1. The average Bonchev–Trinajstić information content (AvgIpc) is 3.57. The smallest absolute Gasteiger partial charge is 0.246 e. The monoisotopic (exact) mass is 517 g/mol. The Balaban J connectivity index is 1.34. The summed E-state index contributed by atoms with van der Waals surface area (Å²) in [4.78, 5) is 12.5. The number of aliphatic hydroxyl groups is 1. The van der Waals surface area contributed by atoms with Gasteiger partial charge in [-0.2, -0.15) is 0 Å². The minimum Gasteiger partial charge on any atom is -0.396 e. The number of amides is 1. The molecule has 5 atom stereocenters. The van der Waals surface area contributed by atoms with Crippen molar-refractivity contribution in [3.05, 3.63) is 41.7 Å². The van der Waals surface area contributed by atoms with Gasteiger partial charge in [0.25, 0.3) is 0 Å². The van der Waals surface area contributed by atoms with E-state index in [1.807, 2.05) is 24.4 Å². The number of aliphatic hydroxyl groups excluding tert-OH is 1. The van der Waals surface area contributed by atoms with E-state index in [-0.39, 0.29) is 42.2 Å². The number of nitrogens with zero attached hydrogens (tertiary/aromatic N) is 3. The first-order chi connectivity index (χ1) is 17.2. The summed E-state index contributed by atoms with van der Waals surface area (Å²) in [7, 11) is -2.94. The standard InChI is InChI=1S/C26H40FN5O3Si/c1-18-23(10-9-19-6-4-7-20(16-19)29-26(34)22-8-5-13-28-22)35-24(25(18)36(2,3)27)11-14-32-17-21(12-15-33)30-31-32/h4,6-7,16-18,22-25,28,33H,5,8-15H2,1-3H3,(H,29,34)/t18-,22+,23+,24-,25+/m0/s1. The SMILES string of the molecule is C[C@@H]1[C@@H]([Si](C)(C)F)[C@H](CCn2cc(CCO)nn2)O[C@@H]1CCc1cccc(NC(=O)[C@H]2CCCN2)c1. The number of aromatic nitrogens is 3. The summed E-state index contributed by atoms with van der Waals surface area (Å²) in [6.45, 7) is 7.24. The first-order valence-electron chi connectivity index (χ1n) is 13.2. The first kappa shape index (κ1) is 26.9. The lowest BCUT2D eigenvalue weighted by Gasteiger charge is -2.28. The molecule has 2 aliphatic rings. The van der Waals surface area contributed by atoms with Crippen LogP contribution in [0.2, 0.25) is 18.6 Å². The van der Waals surface area contributed by atoms with Gasteiger partial charge in [0.15, 0.2) is 0 Å². The van der Waals surface area contributed by atoms with Crippen molar-refractivity contribution in [3.63, 3.8) is 0 Å². The molecule has 8 nitrogen and oxygen atoms in total. The fourth-order valence-corrected chi connectivity index (χ4v) is 8.43. The third-order valence-electron chi connectivity index (χ3n) is 7.58. The van der Waals surface area contributed by atoms with Gasteiger partial charge in [0.1, 0.15) is 0 Å². The Labute approximate surface area is 214 Å².